The lowest BCUT2D eigenvalue weighted by molar-refractivity contribution is 0.104. The molecule has 21 heavy (non-hydrogen) atoms. The van der Waals surface area contributed by atoms with Gasteiger partial charge in [0.2, 0.25) is 0 Å². The van der Waals surface area contributed by atoms with Crippen molar-refractivity contribution in [1.29, 1.82) is 0 Å². The van der Waals surface area contributed by atoms with Crippen molar-refractivity contribution in [1.82, 2.24) is 4.90 Å². The summed E-state index contributed by atoms with van der Waals surface area (Å²) in [6, 6.07) is 1.88. The van der Waals surface area contributed by atoms with Crippen molar-refractivity contribution in [2.75, 3.05) is 13.1 Å². The molecule has 0 radical (unpaired) electrons. The van der Waals surface area contributed by atoms with E-state index in [2.05, 4.69) is 4.90 Å². The molecule has 5 heteroatoms. The van der Waals surface area contributed by atoms with Crippen LogP contribution in [0, 0.1) is 23.4 Å². The molecule has 0 spiro atoms. The number of nitrogens with two attached hydrogens (primary N) is 1. The molecule has 1 saturated carbocycles. The molecule has 2 atom stereocenters. The first kappa shape index (κ1) is 16.3. The van der Waals surface area contributed by atoms with Crippen molar-refractivity contribution in [2.24, 2.45) is 11.7 Å². The molecule has 2 nitrogen and oxygen atoms in total. The first-order chi connectivity index (χ1) is 10.1. The van der Waals surface area contributed by atoms with Crippen LogP contribution in [-0.2, 0) is 6.54 Å². The largest absolute Gasteiger partial charge is 0.330 e. The van der Waals surface area contributed by atoms with Crippen molar-refractivity contribution in [3.63, 3.8) is 0 Å². The van der Waals surface area contributed by atoms with Gasteiger partial charge in [0.05, 0.1) is 0 Å². The van der Waals surface area contributed by atoms with Crippen molar-refractivity contribution in [3.05, 3.63) is 35.1 Å². The van der Waals surface area contributed by atoms with Crippen LogP contribution in [0.25, 0.3) is 0 Å². The maximum absolute atomic E-state index is 13.8. The minimum Gasteiger partial charge on any atom is -0.330 e. The fourth-order valence-electron chi connectivity index (χ4n) is 3.31. The second-order valence-corrected chi connectivity index (χ2v) is 5.77. The average Bonchev–Trinajstić information content (AvgIpc) is 2.49. The number of benzene rings is 1. The normalized spacial score (nSPS) is 22.8. The number of hydrogen-bond donors (Lipinski definition) is 1. The van der Waals surface area contributed by atoms with Crippen LogP contribution in [0.3, 0.4) is 0 Å². The molecule has 0 amide bonds. The summed E-state index contributed by atoms with van der Waals surface area (Å²) in [6.45, 7) is 3.64. The van der Waals surface area contributed by atoms with E-state index in [1.54, 1.807) is 0 Å². The summed E-state index contributed by atoms with van der Waals surface area (Å²) in [7, 11) is 0. The van der Waals surface area contributed by atoms with E-state index in [1.165, 1.54) is 6.42 Å². The van der Waals surface area contributed by atoms with E-state index < -0.39 is 17.5 Å². The smallest absolute Gasteiger partial charge is 0.161 e. The number of nitrogens with zero attached hydrogens (tertiary/aromatic N) is 1. The van der Waals surface area contributed by atoms with Crippen molar-refractivity contribution >= 4 is 0 Å². The number of hydrogen-bond acceptors (Lipinski definition) is 2. The van der Waals surface area contributed by atoms with Gasteiger partial charge in [0.15, 0.2) is 11.6 Å². The minimum absolute atomic E-state index is 0.206. The fraction of sp³-hybridized carbons (Fsp3) is 0.625. The van der Waals surface area contributed by atoms with Crippen molar-refractivity contribution < 1.29 is 13.2 Å². The topological polar surface area (TPSA) is 29.3 Å². The molecule has 1 fully saturated rings. The quantitative estimate of drug-likeness (QED) is 0.844. The molecule has 0 bridgehead atoms. The van der Waals surface area contributed by atoms with Gasteiger partial charge in [0, 0.05) is 24.2 Å². The molecule has 1 aliphatic rings. The first-order valence-electron chi connectivity index (χ1n) is 7.64. The van der Waals surface area contributed by atoms with Crippen LogP contribution < -0.4 is 5.73 Å². The summed E-state index contributed by atoms with van der Waals surface area (Å²) in [6.07, 6.45) is 4.42. The highest BCUT2D eigenvalue weighted by molar-refractivity contribution is 5.20. The molecular formula is C16H23F3N2. The zero-order chi connectivity index (χ0) is 15.4. The monoisotopic (exact) mass is 300 g/mol. The molecule has 0 saturated heterocycles. The molecule has 2 unspecified atom stereocenters. The van der Waals surface area contributed by atoms with E-state index in [4.69, 9.17) is 5.73 Å². The van der Waals surface area contributed by atoms with Gasteiger partial charge in [-0.05, 0) is 37.9 Å². The summed E-state index contributed by atoms with van der Waals surface area (Å²) in [5.74, 6) is -2.43. The van der Waals surface area contributed by atoms with Crippen LogP contribution in [0.4, 0.5) is 13.2 Å². The van der Waals surface area contributed by atoms with E-state index in [9.17, 15) is 13.2 Å². The third kappa shape index (κ3) is 3.77. The van der Waals surface area contributed by atoms with Crippen LogP contribution >= 0.6 is 0 Å². The second-order valence-electron chi connectivity index (χ2n) is 5.77. The highest BCUT2D eigenvalue weighted by atomic mass is 19.2. The molecule has 0 heterocycles. The second kappa shape index (κ2) is 7.27. The molecule has 1 aromatic carbocycles. The summed E-state index contributed by atoms with van der Waals surface area (Å²) in [4.78, 5) is 2.13. The summed E-state index contributed by atoms with van der Waals surface area (Å²) < 4.78 is 40.1. The molecule has 0 aliphatic heterocycles. The molecule has 1 aliphatic carbocycles. The third-order valence-electron chi connectivity index (χ3n) is 4.51. The molecule has 0 aromatic heterocycles. The summed E-state index contributed by atoms with van der Waals surface area (Å²) in [5.41, 5.74) is 6.05. The fourth-order valence-corrected chi connectivity index (χ4v) is 3.31. The Hall–Kier alpha value is -1.07. The van der Waals surface area contributed by atoms with Gasteiger partial charge in [-0.3, -0.25) is 4.90 Å². The van der Waals surface area contributed by atoms with E-state index in [-0.39, 0.29) is 5.56 Å². The van der Waals surface area contributed by atoms with Crippen LogP contribution in [0.2, 0.25) is 0 Å². The minimum atomic E-state index is -1.14. The van der Waals surface area contributed by atoms with Crippen LogP contribution in [-0.4, -0.2) is 24.0 Å². The predicted molar refractivity (Wildman–Crippen MR) is 77.2 cm³/mol. The average molecular weight is 300 g/mol. The lowest BCUT2D eigenvalue weighted by Gasteiger charge is -2.39. The molecular weight excluding hydrogens is 277 g/mol. The summed E-state index contributed by atoms with van der Waals surface area (Å²) in [5, 5.41) is 0. The highest BCUT2D eigenvalue weighted by Crippen LogP contribution is 2.29. The van der Waals surface area contributed by atoms with E-state index in [0.717, 1.165) is 31.9 Å². The van der Waals surface area contributed by atoms with Gasteiger partial charge in [0.25, 0.3) is 0 Å². The lowest BCUT2D eigenvalue weighted by Crippen LogP contribution is -2.44. The maximum Gasteiger partial charge on any atom is 0.161 e. The Labute approximate surface area is 124 Å². The maximum atomic E-state index is 13.8. The molecule has 2 rings (SSSR count). The van der Waals surface area contributed by atoms with Gasteiger partial charge >= 0.3 is 0 Å². The van der Waals surface area contributed by atoms with Crippen LogP contribution in [0.5, 0.6) is 0 Å². The Morgan fingerprint density at radius 3 is 2.43 bits per heavy atom. The van der Waals surface area contributed by atoms with Gasteiger partial charge in [-0.2, -0.15) is 0 Å². The Morgan fingerprint density at radius 1 is 1.10 bits per heavy atom. The van der Waals surface area contributed by atoms with E-state index in [1.807, 2.05) is 6.92 Å². The molecule has 1 aromatic rings. The Bertz CT molecular complexity index is 479. The van der Waals surface area contributed by atoms with Crippen LogP contribution in [0.15, 0.2) is 12.1 Å². The summed E-state index contributed by atoms with van der Waals surface area (Å²) >= 11 is 0. The van der Waals surface area contributed by atoms with Gasteiger partial charge in [0.1, 0.15) is 5.82 Å². The predicted octanol–water partition coefficient (Wildman–Crippen LogP) is 3.44. The standard InChI is InChI=1S/C16H23F3N2/c1-2-21(16-6-4-3-5-11(16)9-20)10-12-7-14(18)15(19)8-13(12)17/h7-8,11,16H,2-6,9-10,20H2,1H3. The first-order valence-corrected chi connectivity index (χ1v) is 7.64. The van der Waals surface area contributed by atoms with E-state index in [0.29, 0.717) is 31.1 Å². The molecule has 118 valence electrons. The number of halogens is 3. The number of rotatable bonds is 5. The zero-order valence-electron chi connectivity index (χ0n) is 12.4. The van der Waals surface area contributed by atoms with Crippen LogP contribution in [0.1, 0.15) is 38.2 Å². The Balaban J connectivity index is 2.16. The van der Waals surface area contributed by atoms with E-state index >= 15 is 0 Å². The van der Waals surface area contributed by atoms with Gasteiger partial charge < -0.3 is 5.73 Å². The third-order valence-corrected chi connectivity index (χ3v) is 4.51. The zero-order valence-corrected chi connectivity index (χ0v) is 12.4. The van der Waals surface area contributed by atoms with Gasteiger partial charge in [-0.15, -0.1) is 0 Å². The van der Waals surface area contributed by atoms with Crippen molar-refractivity contribution in [2.45, 2.75) is 45.2 Å². The highest BCUT2D eigenvalue weighted by Gasteiger charge is 2.29. The van der Waals surface area contributed by atoms with Gasteiger partial charge in [-0.1, -0.05) is 19.8 Å². The Kier molecular flexibility index (Phi) is 5.65. The van der Waals surface area contributed by atoms with Gasteiger partial charge in [-0.25, -0.2) is 13.2 Å². The molecule has 2 N–H and O–H groups in total. The van der Waals surface area contributed by atoms with Crippen molar-refractivity contribution in [3.8, 4) is 0 Å². The lowest BCUT2D eigenvalue weighted by atomic mass is 9.83. The SMILES string of the molecule is CCN(Cc1cc(F)c(F)cc1F)C1CCCCC1CN. The Morgan fingerprint density at radius 2 is 1.76 bits per heavy atom.